The highest BCUT2D eigenvalue weighted by Gasteiger charge is 2.15. The number of nitrogens with one attached hydrogen (secondary N) is 1. The minimum Gasteiger partial charge on any atom is -0.352 e. The lowest BCUT2D eigenvalue weighted by Gasteiger charge is -2.06. The first kappa shape index (κ1) is 15.2. The van der Waals surface area contributed by atoms with Crippen LogP contribution in [0.25, 0.3) is 0 Å². The third kappa shape index (κ3) is 3.90. The minimum atomic E-state index is -0.497. The summed E-state index contributed by atoms with van der Waals surface area (Å²) in [4.78, 5) is 22.3. The molecule has 6 nitrogen and oxygen atoms in total. The number of rotatable bonds is 5. The van der Waals surface area contributed by atoms with Crippen LogP contribution in [0, 0.1) is 21.4 Å². The van der Waals surface area contributed by atoms with Gasteiger partial charge in [0.05, 0.1) is 23.0 Å². The molecule has 0 saturated heterocycles. The molecule has 110 valence electrons. The highest BCUT2D eigenvalue weighted by Crippen LogP contribution is 2.18. The molecule has 0 atom stereocenters. The van der Waals surface area contributed by atoms with Crippen molar-refractivity contribution in [2.24, 2.45) is 0 Å². The van der Waals surface area contributed by atoms with Crippen molar-refractivity contribution < 1.29 is 9.72 Å². The summed E-state index contributed by atoms with van der Waals surface area (Å²) in [7, 11) is 0. The summed E-state index contributed by atoms with van der Waals surface area (Å²) in [6.07, 6.45) is -0.0482. The van der Waals surface area contributed by atoms with Crippen LogP contribution >= 0.6 is 0 Å². The van der Waals surface area contributed by atoms with Crippen molar-refractivity contribution in [3.63, 3.8) is 0 Å². The normalized spacial score (nSPS) is 9.77. The molecule has 0 radical (unpaired) electrons. The molecule has 2 aromatic rings. The molecule has 0 fully saturated rings. The van der Waals surface area contributed by atoms with Crippen LogP contribution < -0.4 is 5.32 Å². The van der Waals surface area contributed by atoms with Gasteiger partial charge in [0, 0.05) is 18.2 Å². The maximum Gasteiger partial charge on any atom is 0.273 e. The van der Waals surface area contributed by atoms with E-state index >= 15 is 0 Å². The number of nitrogens with zero attached hydrogens (tertiary/aromatic N) is 2. The van der Waals surface area contributed by atoms with Gasteiger partial charge in [-0.1, -0.05) is 30.3 Å². The standard InChI is InChI=1S/C16H13N3O3/c17-10-12-5-7-13(8-6-12)11-18-16(20)9-14-3-1-2-4-15(14)19(21)22/h1-8H,9,11H2,(H,18,20). The Morgan fingerprint density at radius 1 is 1.18 bits per heavy atom. The summed E-state index contributed by atoms with van der Waals surface area (Å²) < 4.78 is 0. The number of nitriles is 1. The number of hydrogen-bond acceptors (Lipinski definition) is 4. The van der Waals surface area contributed by atoms with E-state index in [1.54, 1.807) is 42.5 Å². The van der Waals surface area contributed by atoms with Crippen LogP contribution in [0.3, 0.4) is 0 Å². The molecule has 0 spiro atoms. The zero-order chi connectivity index (χ0) is 15.9. The lowest BCUT2D eigenvalue weighted by Crippen LogP contribution is -2.24. The average Bonchev–Trinajstić information content (AvgIpc) is 2.53. The number of nitro groups is 1. The van der Waals surface area contributed by atoms with Gasteiger partial charge in [0.2, 0.25) is 5.91 Å². The number of para-hydroxylation sites is 1. The van der Waals surface area contributed by atoms with Crippen LogP contribution in [0.5, 0.6) is 0 Å². The second kappa shape index (κ2) is 6.99. The number of benzene rings is 2. The highest BCUT2D eigenvalue weighted by atomic mass is 16.6. The van der Waals surface area contributed by atoms with Crippen LogP contribution in [0.2, 0.25) is 0 Å². The van der Waals surface area contributed by atoms with Gasteiger partial charge in [-0.15, -0.1) is 0 Å². The van der Waals surface area contributed by atoms with Gasteiger partial charge in [0.1, 0.15) is 0 Å². The smallest absolute Gasteiger partial charge is 0.273 e. The Morgan fingerprint density at radius 2 is 1.86 bits per heavy atom. The van der Waals surface area contributed by atoms with E-state index < -0.39 is 4.92 Å². The van der Waals surface area contributed by atoms with Gasteiger partial charge in [-0.05, 0) is 17.7 Å². The Morgan fingerprint density at radius 3 is 2.50 bits per heavy atom. The van der Waals surface area contributed by atoms with Crippen molar-refractivity contribution in [1.82, 2.24) is 5.32 Å². The summed E-state index contributed by atoms with van der Waals surface area (Å²) in [6.45, 7) is 0.311. The van der Waals surface area contributed by atoms with Crippen molar-refractivity contribution in [3.8, 4) is 6.07 Å². The number of nitro benzene ring substituents is 1. The first-order valence-electron chi connectivity index (χ1n) is 6.58. The fourth-order valence-electron chi connectivity index (χ4n) is 1.97. The molecule has 0 unspecified atom stereocenters. The molecule has 0 aliphatic carbocycles. The monoisotopic (exact) mass is 295 g/mol. The zero-order valence-corrected chi connectivity index (χ0v) is 11.7. The number of hydrogen-bond donors (Lipinski definition) is 1. The van der Waals surface area contributed by atoms with Gasteiger partial charge in [-0.3, -0.25) is 14.9 Å². The van der Waals surface area contributed by atoms with E-state index in [9.17, 15) is 14.9 Å². The molecule has 6 heteroatoms. The maximum atomic E-state index is 11.9. The van der Waals surface area contributed by atoms with Crippen LogP contribution in [0.1, 0.15) is 16.7 Å². The molecule has 22 heavy (non-hydrogen) atoms. The molecule has 0 aliphatic heterocycles. The molecule has 0 heterocycles. The van der Waals surface area contributed by atoms with E-state index in [4.69, 9.17) is 5.26 Å². The number of amides is 1. The predicted molar refractivity (Wildman–Crippen MR) is 79.8 cm³/mol. The summed E-state index contributed by atoms with van der Waals surface area (Å²) in [5, 5.41) is 22.3. The lowest BCUT2D eigenvalue weighted by atomic mass is 10.1. The van der Waals surface area contributed by atoms with Crippen LogP contribution in [-0.4, -0.2) is 10.8 Å². The second-order valence-corrected chi connectivity index (χ2v) is 4.65. The zero-order valence-electron chi connectivity index (χ0n) is 11.7. The average molecular weight is 295 g/mol. The largest absolute Gasteiger partial charge is 0.352 e. The molecule has 1 N–H and O–H groups in total. The fraction of sp³-hybridized carbons (Fsp3) is 0.125. The topological polar surface area (TPSA) is 96.0 Å². The van der Waals surface area contributed by atoms with E-state index in [0.29, 0.717) is 17.7 Å². The van der Waals surface area contributed by atoms with Gasteiger partial charge >= 0.3 is 0 Å². The Kier molecular flexibility index (Phi) is 4.83. The van der Waals surface area contributed by atoms with E-state index in [0.717, 1.165) is 5.56 Å². The molecular weight excluding hydrogens is 282 g/mol. The molecule has 0 bridgehead atoms. The van der Waals surface area contributed by atoms with Gasteiger partial charge in [0.15, 0.2) is 0 Å². The van der Waals surface area contributed by atoms with E-state index in [1.807, 2.05) is 6.07 Å². The van der Waals surface area contributed by atoms with E-state index in [1.165, 1.54) is 6.07 Å². The van der Waals surface area contributed by atoms with Crippen molar-refractivity contribution in [1.29, 1.82) is 5.26 Å². The van der Waals surface area contributed by atoms with Crippen molar-refractivity contribution in [3.05, 3.63) is 75.3 Å². The summed E-state index contributed by atoms with van der Waals surface area (Å²) in [5.41, 5.74) is 1.73. The molecule has 0 aromatic heterocycles. The summed E-state index contributed by atoms with van der Waals surface area (Å²) in [5.74, 6) is -0.293. The Hall–Kier alpha value is -3.20. The first-order valence-corrected chi connectivity index (χ1v) is 6.58. The van der Waals surface area contributed by atoms with Crippen molar-refractivity contribution >= 4 is 11.6 Å². The van der Waals surface area contributed by atoms with Crippen LogP contribution in [-0.2, 0) is 17.8 Å². The van der Waals surface area contributed by atoms with Gasteiger partial charge in [-0.25, -0.2) is 0 Å². The van der Waals surface area contributed by atoms with Gasteiger partial charge < -0.3 is 5.32 Å². The van der Waals surface area contributed by atoms with Crippen molar-refractivity contribution in [2.75, 3.05) is 0 Å². The molecule has 2 aromatic carbocycles. The first-order chi connectivity index (χ1) is 10.6. The quantitative estimate of drug-likeness (QED) is 0.676. The molecule has 0 aliphatic rings. The number of carbonyl (C=O) groups is 1. The fourth-order valence-corrected chi connectivity index (χ4v) is 1.97. The maximum absolute atomic E-state index is 11.9. The third-order valence-electron chi connectivity index (χ3n) is 3.11. The predicted octanol–water partition coefficient (Wildman–Crippen LogP) is 2.33. The summed E-state index contributed by atoms with van der Waals surface area (Å²) in [6, 6.07) is 15.0. The SMILES string of the molecule is N#Cc1ccc(CNC(=O)Cc2ccccc2[N+](=O)[O-])cc1. The van der Waals surface area contributed by atoms with E-state index in [2.05, 4.69) is 5.32 Å². The Labute approximate surface area is 127 Å². The van der Waals surface area contributed by atoms with E-state index in [-0.39, 0.29) is 18.0 Å². The van der Waals surface area contributed by atoms with Crippen LogP contribution in [0.15, 0.2) is 48.5 Å². The third-order valence-corrected chi connectivity index (χ3v) is 3.11. The van der Waals surface area contributed by atoms with Crippen LogP contribution in [0.4, 0.5) is 5.69 Å². The molecule has 1 amide bonds. The molecule has 0 saturated carbocycles. The molecular formula is C16H13N3O3. The highest BCUT2D eigenvalue weighted by molar-refractivity contribution is 5.79. The summed E-state index contributed by atoms with van der Waals surface area (Å²) >= 11 is 0. The van der Waals surface area contributed by atoms with Gasteiger partial charge in [-0.2, -0.15) is 5.26 Å². The lowest BCUT2D eigenvalue weighted by molar-refractivity contribution is -0.385. The molecule has 2 rings (SSSR count). The Balaban J connectivity index is 1.96. The van der Waals surface area contributed by atoms with Gasteiger partial charge in [0.25, 0.3) is 5.69 Å². The minimum absolute atomic E-state index is 0.0482. The second-order valence-electron chi connectivity index (χ2n) is 4.65. The van der Waals surface area contributed by atoms with Crippen molar-refractivity contribution in [2.45, 2.75) is 13.0 Å². The Bertz CT molecular complexity index is 733. The number of carbonyl (C=O) groups excluding carboxylic acids is 1.